The number of benzene rings is 2. The van der Waals surface area contributed by atoms with Crippen LogP contribution in [0.5, 0.6) is 5.75 Å². The van der Waals surface area contributed by atoms with Crippen molar-refractivity contribution in [3.63, 3.8) is 0 Å². The Kier molecular flexibility index (Phi) is 6.86. The van der Waals surface area contributed by atoms with E-state index in [2.05, 4.69) is 20.4 Å². The third kappa shape index (κ3) is 4.66. The van der Waals surface area contributed by atoms with E-state index in [0.717, 1.165) is 12.1 Å². The van der Waals surface area contributed by atoms with Crippen LogP contribution < -0.4 is 4.74 Å². The van der Waals surface area contributed by atoms with Crippen LogP contribution in [0.4, 0.5) is 13.2 Å². The lowest BCUT2D eigenvalue weighted by Crippen LogP contribution is -2.45. The number of rotatable bonds is 6. The first kappa shape index (κ1) is 25.1. The smallest absolute Gasteiger partial charge is 0.194 e. The molecule has 4 atom stereocenters. The number of hydrogen-bond acceptors (Lipinski definition) is 8. The summed E-state index contributed by atoms with van der Waals surface area (Å²) in [5.41, 5.74) is 0.519. The standard InChI is InChI=1S/C23H20ClF3N6O4/c1-36-18-3-2-12(24)6-16(18)33-23(28-10-29-33)19-7-17(22(35)20(9-34)37-19)32-8-15(30-31-32)11-4-13(25)21(27)14(26)5-11/h2-6,8,10,17,19-20,22,34-35H,7,9H2,1H3/t17-,19-,20-,22-/m1/s1. The van der Waals surface area contributed by atoms with Crippen molar-refractivity contribution in [2.24, 2.45) is 0 Å². The molecule has 0 amide bonds. The van der Waals surface area contributed by atoms with Gasteiger partial charge in [-0.05, 0) is 30.3 Å². The number of nitrogens with zero attached hydrogens (tertiary/aromatic N) is 6. The molecule has 1 aliphatic heterocycles. The monoisotopic (exact) mass is 536 g/mol. The van der Waals surface area contributed by atoms with Gasteiger partial charge in [-0.2, -0.15) is 5.10 Å². The maximum atomic E-state index is 13.7. The molecule has 10 nitrogen and oxygen atoms in total. The third-order valence-electron chi connectivity index (χ3n) is 6.11. The van der Waals surface area contributed by atoms with Crippen LogP contribution in [0, 0.1) is 17.5 Å². The Bertz CT molecular complexity index is 1410. The predicted molar refractivity (Wildman–Crippen MR) is 123 cm³/mol. The Morgan fingerprint density at radius 3 is 2.65 bits per heavy atom. The molecule has 1 saturated heterocycles. The minimum Gasteiger partial charge on any atom is -0.494 e. The van der Waals surface area contributed by atoms with E-state index < -0.39 is 48.4 Å². The van der Waals surface area contributed by atoms with Crippen molar-refractivity contribution in [2.45, 2.75) is 30.8 Å². The van der Waals surface area contributed by atoms with Gasteiger partial charge in [-0.3, -0.25) is 0 Å². The van der Waals surface area contributed by atoms with Crippen molar-refractivity contribution in [3.8, 4) is 22.7 Å². The lowest BCUT2D eigenvalue weighted by Gasteiger charge is -2.38. The van der Waals surface area contributed by atoms with E-state index >= 15 is 0 Å². The van der Waals surface area contributed by atoms with E-state index in [9.17, 15) is 23.4 Å². The molecule has 2 aromatic heterocycles. The summed E-state index contributed by atoms with van der Waals surface area (Å²) in [4.78, 5) is 4.32. The maximum absolute atomic E-state index is 13.7. The highest BCUT2D eigenvalue weighted by Gasteiger charge is 2.41. The Balaban J connectivity index is 1.49. The van der Waals surface area contributed by atoms with Crippen LogP contribution in [0.25, 0.3) is 16.9 Å². The highest BCUT2D eigenvalue weighted by atomic mass is 35.5. The number of ether oxygens (including phenoxy) is 2. The van der Waals surface area contributed by atoms with Crippen LogP contribution >= 0.6 is 11.6 Å². The molecule has 0 bridgehead atoms. The van der Waals surface area contributed by atoms with Crippen molar-refractivity contribution in [1.82, 2.24) is 29.8 Å². The SMILES string of the molecule is COc1ccc(Cl)cc1-n1ncnc1[C@H]1C[C@@H](n2cc(-c3cc(F)c(F)c(F)c3)nn2)[C@@H](O)[C@@H](CO)O1. The van der Waals surface area contributed by atoms with Gasteiger partial charge in [0.05, 0.1) is 26.0 Å². The highest BCUT2D eigenvalue weighted by molar-refractivity contribution is 6.30. The minimum absolute atomic E-state index is 0.0350. The van der Waals surface area contributed by atoms with E-state index in [0.29, 0.717) is 22.3 Å². The summed E-state index contributed by atoms with van der Waals surface area (Å²) in [5, 5.41) is 33.4. The second-order valence-electron chi connectivity index (χ2n) is 8.32. The average Bonchev–Trinajstić information content (AvgIpc) is 3.57. The van der Waals surface area contributed by atoms with E-state index in [1.807, 2.05) is 0 Å². The molecule has 0 spiro atoms. The molecular formula is C23H20ClF3N6O4. The average molecular weight is 537 g/mol. The summed E-state index contributed by atoms with van der Waals surface area (Å²) >= 11 is 6.18. The van der Waals surface area contributed by atoms with Crippen LogP contribution in [-0.2, 0) is 4.74 Å². The molecule has 14 heteroatoms. The van der Waals surface area contributed by atoms with E-state index in [4.69, 9.17) is 21.1 Å². The van der Waals surface area contributed by atoms with Crippen molar-refractivity contribution in [2.75, 3.05) is 13.7 Å². The van der Waals surface area contributed by atoms with Gasteiger partial charge in [0.1, 0.15) is 41.8 Å². The zero-order chi connectivity index (χ0) is 26.3. The van der Waals surface area contributed by atoms with Crippen molar-refractivity contribution in [1.29, 1.82) is 0 Å². The molecule has 194 valence electrons. The topological polar surface area (TPSA) is 120 Å². The minimum atomic E-state index is -1.59. The number of aliphatic hydroxyl groups excluding tert-OH is 2. The van der Waals surface area contributed by atoms with Crippen LogP contribution in [0.2, 0.25) is 5.02 Å². The van der Waals surface area contributed by atoms with Crippen molar-refractivity contribution in [3.05, 3.63) is 71.2 Å². The fourth-order valence-corrected chi connectivity index (χ4v) is 4.46. The summed E-state index contributed by atoms with van der Waals surface area (Å²) in [7, 11) is 1.50. The summed E-state index contributed by atoms with van der Waals surface area (Å²) in [6, 6.07) is 5.79. The van der Waals surface area contributed by atoms with Crippen LogP contribution in [0.1, 0.15) is 24.4 Å². The summed E-state index contributed by atoms with van der Waals surface area (Å²) in [6.07, 6.45) is -0.211. The number of halogens is 4. The first-order chi connectivity index (χ1) is 17.8. The van der Waals surface area contributed by atoms with Gasteiger partial charge in [0.15, 0.2) is 23.3 Å². The lowest BCUT2D eigenvalue weighted by molar-refractivity contribution is -0.161. The lowest BCUT2D eigenvalue weighted by atomic mass is 9.95. The molecule has 0 radical (unpaired) electrons. The van der Waals surface area contributed by atoms with Gasteiger partial charge >= 0.3 is 0 Å². The van der Waals surface area contributed by atoms with Crippen molar-refractivity contribution < 1.29 is 32.9 Å². The van der Waals surface area contributed by atoms with E-state index in [1.165, 1.54) is 29.0 Å². The Hall–Kier alpha value is -3.52. The van der Waals surface area contributed by atoms with Crippen LogP contribution in [0.15, 0.2) is 42.9 Å². The molecule has 37 heavy (non-hydrogen) atoms. The second-order valence-corrected chi connectivity index (χ2v) is 8.76. The molecule has 5 rings (SSSR count). The van der Waals surface area contributed by atoms with Crippen LogP contribution in [0.3, 0.4) is 0 Å². The van der Waals surface area contributed by atoms with Gasteiger partial charge in [0.25, 0.3) is 0 Å². The first-order valence-electron chi connectivity index (χ1n) is 11.1. The van der Waals surface area contributed by atoms with Gasteiger partial charge in [0.2, 0.25) is 0 Å². The summed E-state index contributed by atoms with van der Waals surface area (Å²) in [6.45, 7) is -0.515. The molecule has 2 aromatic carbocycles. The first-order valence-corrected chi connectivity index (χ1v) is 11.4. The zero-order valence-corrected chi connectivity index (χ0v) is 19.9. The highest BCUT2D eigenvalue weighted by Crippen LogP contribution is 2.39. The number of methoxy groups -OCH3 is 1. The molecule has 4 aromatic rings. The molecule has 3 heterocycles. The molecule has 0 aliphatic carbocycles. The van der Waals surface area contributed by atoms with E-state index in [1.54, 1.807) is 18.2 Å². The number of hydrogen-bond donors (Lipinski definition) is 2. The molecule has 0 unspecified atom stereocenters. The fraction of sp³-hybridized carbons (Fsp3) is 0.304. The predicted octanol–water partition coefficient (Wildman–Crippen LogP) is 3.03. The Morgan fingerprint density at radius 1 is 1.19 bits per heavy atom. The molecule has 1 fully saturated rings. The van der Waals surface area contributed by atoms with Gasteiger partial charge in [-0.15, -0.1) is 5.10 Å². The van der Waals surface area contributed by atoms with E-state index in [-0.39, 0.29) is 17.7 Å². The van der Waals surface area contributed by atoms with Gasteiger partial charge in [-0.25, -0.2) is 27.5 Å². The molecule has 2 N–H and O–H groups in total. The summed E-state index contributed by atoms with van der Waals surface area (Å²) < 4.78 is 55.0. The quantitative estimate of drug-likeness (QED) is 0.361. The van der Waals surface area contributed by atoms with Crippen molar-refractivity contribution >= 4 is 11.6 Å². The zero-order valence-electron chi connectivity index (χ0n) is 19.2. The van der Waals surface area contributed by atoms with Gasteiger partial charge < -0.3 is 19.7 Å². The Morgan fingerprint density at radius 2 is 1.95 bits per heavy atom. The molecular weight excluding hydrogens is 517 g/mol. The Labute approximate surface area is 212 Å². The maximum Gasteiger partial charge on any atom is 0.194 e. The second kappa shape index (κ2) is 10.1. The van der Waals surface area contributed by atoms with Gasteiger partial charge in [0, 0.05) is 17.0 Å². The van der Waals surface area contributed by atoms with Crippen LogP contribution in [-0.4, -0.2) is 65.9 Å². The fourth-order valence-electron chi connectivity index (χ4n) is 4.29. The molecule has 0 saturated carbocycles. The van der Waals surface area contributed by atoms with Gasteiger partial charge in [-0.1, -0.05) is 16.8 Å². The largest absolute Gasteiger partial charge is 0.494 e. The third-order valence-corrected chi connectivity index (χ3v) is 6.35. The number of aromatic nitrogens is 6. The summed E-state index contributed by atoms with van der Waals surface area (Å²) in [5.74, 6) is -3.51. The normalized spacial score (nSPS) is 21.8. The molecule has 1 aliphatic rings. The number of aliphatic hydroxyl groups is 2.